The van der Waals surface area contributed by atoms with E-state index < -0.39 is 12.0 Å². The average Bonchev–Trinajstić information content (AvgIpc) is 3.27. The van der Waals surface area contributed by atoms with Crippen LogP contribution in [0.5, 0.6) is 40.2 Å². The zero-order valence-corrected chi connectivity index (χ0v) is 38.3. The highest BCUT2D eigenvalue weighted by atomic mass is 16.5. The monoisotopic (exact) mass is 847 g/mol. The Balaban J connectivity index is 1.24. The summed E-state index contributed by atoms with van der Waals surface area (Å²) in [6.07, 6.45) is 18.3. The molecule has 0 N–H and O–H groups in total. The molecule has 4 aromatic carbocycles. The summed E-state index contributed by atoms with van der Waals surface area (Å²) in [7, 11) is 9.36. The molecule has 4 atom stereocenters. The van der Waals surface area contributed by atoms with E-state index in [0.29, 0.717) is 59.0 Å². The van der Waals surface area contributed by atoms with Gasteiger partial charge in [0.1, 0.15) is 29.3 Å². The number of carboxylic acids is 1. The van der Waals surface area contributed by atoms with Crippen LogP contribution in [0.25, 0.3) is 0 Å². The Labute approximate surface area is 370 Å². The Bertz CT molecular complexity index is 2120. The second kappa shape index (κ2) is 21.1. The summed E-state index contributed by atoms with van der Waals surface area (Å²) >= 11 is 0. The van der Waals surface area contributed by atoms with Gasteiger partial charge in [-0.25, -0.2) is 0 Å². The third kappa shape index (κ3) is 10.4. The quantitative estimate of drug-likeness (QED) is 0.0723. The maximum absolute atomic E-state index is 13.4. The number of aliphatic carboxylic acids is 1. The number of rotatable bonds is 18. The number of unbranched alkanes of at least 4 members (excludes halogenated alkanes) is 11. The fourth-order valence-corrected chi connectivity index (χ4v) is 10.4. The molecule has 334 valence electrons. The summed E-state index contributed by atoms with van der Waals surface area (Å²) < 4.78 is 31.7. The molecule has 4 heterocycles. The number of methoxy groups -OCH3 is 3. The van der Waals surface area contributed by atoms with Crippen molar-refractivity contribution in [1.29, 1.82) is 0 Å². The Hall–Kier alpha value is -4.73. The van der Waals surface area contributed by atoms with Gasteiger partial charge < -0.3 is 38.1 Å². The van der Waals surface area contributed by atoms with E-state index in [4.69, 9.17) is 23.7 Å². The molecular formula is C53H70N2O7. The number of quaternary nitrogens is 1. The zero-order valence-electron chi connectivity index (χ0n) is 38.3. The molecule has 4 unspecified atom stereocenters. The van der Waals surface area contributed by atoms with Gasteiger partial charge in [0.15, 0.2) is 23.0 Å². The first-order valence-corrected chi connectivity index (χ1v) is 23.4. The molecule has 0 saturated carbocycles. The predicted octanol–water partition coefficient (Wildman–Crippen LogP) is 10.9. The Kier molecular flexibility index (Phi) is 15.4. The number of hydrogen-bond donors (Lipinski definition) is 0. The van der Waals surface area contributed by atoms with Gasteiger partial charge in [-0.3, -0.25) is 4.90 Å². The van der Waals surface area contributed by atoms with Crippen LogP contribution < -0.4 is 28.8 Å². The van der Waals surface area contributed by atoms with Crippen LogP contribution >= 0.6 is 0 Å². The van der Waals surface area contributed by atoms with Crippen LogP contribution in [0.1, 0.15) is 136 Å². The third-order valence-electron chi connectivity index (χ3n) is 14.2. The minimum absolute atomic E-state index is 0.000424. The molecule has 0 amide bonds. The van der Waals surface area contributed by atoms with Crippen molar-refractivity contribution >= 4 is 5.97 Å². The lowest BCUT2D eigenvalue weighted by molar-refractivity contribution is -0.958. The molecule has 9 nitrogen and oxygen atoms in total. The molecule has 0 radical (unpaired) electrons. The molecule has 9 heteroatoms. The van der Waals surface area contributed by atoms with Gasteiger partial charge in [-0.15, -0.1) is 0 Å². The van der Waals surface area contributed by atoms with Gasteiger partial charge in [-0.2, -0.15) is 0 Å². The Morgan fingerprint density at radius 2 is 1.39 bits per heavy atom. The van der Waals surface area contributed by atoms with E-state index >= 15 is 0 Å². The van der Waals surface area contributed by atoms with Gasteiger partial charge >= 0.3 is 0 Å². The van der Waals surface area contributed by atoms with Crippen LogP contribution in [0.4, 0.5) is 0 Å². The molecular weight excluding hydrogens is 777 g/mol. The van der Waals surface area contributed by atoms with Crippen molar-refractivity contribution in [3.8, 4) is 40.2 Å². The molecule has 0 spiro atoms. The fraction of sp³-hybridized carbons (Fsp3) is 0.528. The van der Waals surface area contributed by atoms with Crippen molar-refractivity contribution in [2.75, 3.05) is 48.5 Å². The third-order valence-corrected chi connectivity index (χ3v) is 14.2. The smallest absolute Gasteiger partial charge is 0.169 e. The highest BCUT2D eigenvalue weighted by Crippen LogP contribution is 2.48. The highest BCUT2D eigenvalue weighted by molar-refractivity contribution is 5.70. The predicted molar refractivity (Wildman–Crippen MR) is 244 cm³/mol. The number of fused-ring (bicyclic) bond motifs is 2. The highest BCUT2D eigenvalue weighted by Gasteiger charge is 2.46. The van der Waals surface area contributed by atoms with Crippen LogP contribution in [0, 0.1) is 0 Å². The first-order valence-electron chi connectivity index (χ1n) is 23.4. The lowest BCUT2D eigenvalue weighted by Gasteiger charge is -2.51. The maximum Gasteiger partial charge on any atom is 0.169 e. The number of carboxylic acid groups (broad SMARTS) is 1. The Morgan fingerprint density at radius 1 is 0.726 bits per heavy atom. The molecule has 0 aromatic heterocycles. The standard InChI is InChI=1S/C53H70N2O7/c1-7-8-9-10-11-12-13-14-15-16-17-18-19-45(53(56)57)55(3)29-27-39-34-48(60-6)50-36-43(39)46(55)31-37-20-23-41(24-21-37)61-49-32-38(22-25-47(49)59-5)30-44-52-40(26-28-54(44)2)33-42(58-4)35-51(52)62-50/h20-25,32-36,44-46H,7-19,26-31H2,1-6H3. The molecule has 4 aliphatic heterocycles. The topological polar surface area (TPSA) is 89.5 Å². The van der Waals surface area contributed by atoms with Crippen LogP contribution in [-0.4, -0.2) is 69.9 Å². The molecule has 6 bridgehead atoms. The van der Waals surface area contributed by atoms with Gasteiger partial charge in [-0.05, 0) is 91.0 Å². The van der Waals surface area contributed by atoms with E-state index in [1.165, 1.54) is 63.4 Å². The van der Waals surface area contributed by atoms with E-state index in [1.54, 1.807) is 21.3 Å². The lowest BCUT2D eigenvalue weighted by Crippen LogP contribution is -2.63. The first kappa shape index (κ1) is 45.3. The van der Waals surface area contributed by atoms with E-state index in [9.17, 15) is 9.90 Å². The Morgan fingerprint density at radius 3 is 2.05 bits per heavy atom. The summed E-state index contributed by atoms with van der Waals surface area (Å²) in [4.78, 5) is 15.8. The molecule has 62 heavy (non-hydrogen) atoms. The first-order chi connectivity index (χ1) is 30.1. The van der Waals surface area contributed by atoms with Gasteiger partial charge in [0, 0.05) is 49.0 Å². The van der Waals surface area contributed by atoms with Crippen molar-refractivity contribution in [3.63, 3.8) is 0 Å². The average molecular weight is 847 g/mol. The molecule has 4 aromatic rings. The largest absolute Gasteiger partial charge is 0.544 e. The van der Waals surface area contributed by atoms with Gasteiger partial charge in [0.2, 0.25) is 0 Å². The van der Waals surface area contributed by atoms with E-state index in [1.807, 2.05) is 24.3 Å². The second-order valence-corrected chi connectivity index (χ2v) is 18.2. The van der Waals surface area contributed by atoms with Crippen LogP contribution in [0.15, 0.2) is 66.7 Å². The van der Waals surface area contributed by atoms with E-state index in [-0.39, 0.29) is 12.1 Å². The number of nitrogens with zero attached hydrogens (tertiary/aromatic N) is 2. The lowest BCUT2D eigenvalue weighted by atomic mass is 9.84. The molecule has 0 aliphatic carbocycles. The summed E-state index contributed by atoms with van der Waals surface area (Å²) in [6, 6.07) is 21.9. The summed E-state index contributed by atoms with van der Waals surface area (Å²) in [5.74, 6) is 3.77. The summed E-state index contributed by atoms with van der Waals surface area (Å²) in [5, 5.41) is 13.4. The molecule has 8 rings (SSSR count). The van der Waals surface area contributed by atoms with E-state index in [2.05, 4.69) is 68.4 Å². The molecule has 0 fully saturated rings. The minimum atomic E-state index is -0.971. The SMILES string of the molecule is CCCCCCCCCCCCCCC(C(=O)[O-])[N+]1(C)CCc2cc(OC)c3cc2C1Cc1ccc(cc1)Oc1cc(ccc1OC)CC1c2c(cc(OC)cc2O3)CCN1C. The van der Waals surface area contributed by atoms with Gasteiger partial charge in [0.25, 0.3) is 0 Å². The van der Waals surface area contributed by atoms with Crippen molar-refractivity contribution in [2.45, 2.75) is 134 Å². The number of hydrogen-bond acceptors (Lipinski definition) is 8. The fourth-order valence-electron chi connectivity index (χ4n) is 10.4. The minimum Gasteiger partial charge on any atom is -0.544 e. The number of benzene rings is 4. The molecule has 4 aliphatic rings. The van der Waals surface area contributed by atoms with Gasteiger partial charge in [-0.1, -0.05) is 95.8 Å². The number of carbonyl (C=O) groups is 1. The number of ether oxygens (including phenoxy) is 5. The van der Waals surface area contributed by atoms with Crippen LogP contribution in [0.2, 0.25) is 0 Å². The number of likely N-dealkylation sites (N-methyl/N-ethyl adjacent to an activating group) is 2. The van der Waals surface area contributed by atoms with Gasteiger partial charge in [0.05, 0.1) is 40.9 Å². The van der Waals surface area contributed by atoms with Crippen molar-refractivity contribution < 1.29 is 38.1 Å². The maximum atomic E-state index is 13.4. The van der Waals surface area contributed by atoms with Crippen molar-refractivity contribution in [2.24, 2.45) is 0 Å². The number of carbonyl (C=O) groups excluding carboxylic acids is 1. The van der Waals surface area contributed by atoms with Crippen molar-refractivity contribution in [1.82, 2.24) is 4.90 Å². The second-order valence-electron chi connectivity index (χ2n) is 18.2. The molecule has 0 saturated heterocycles. The van der Waals surface area contributed by atoms with E-state index in [0.717, 1.165) is 78.0 Å². The summed E-state index contributed by atoms with van der Waals surface area (Å²) in [6.45, 7) is 3.82. The normalized spacial score (nSPS) is 19.9. The van der Waals surface area contributed by atoms with Crippen molar-refractivity contribution in [3.05, 3.63) is 100 Å². The van der Waals surface area contributed by atoms with Crippen LogP contribution in [0.3, 0.4) is 0 Å². The zero-order chi connectivity index (χ0) is 43.6. The van der Waals surface area contributed by atoms with Crippen LogP contribution in [-0.2, 0) is 30.5 Å². The summed E-state index contributed by atoms with van der Waals surface area (Å²) in [5.41, 5.74) is 6.75.